The first-order valence-electron chi connectivity index (χ1n) is 7.05. The van der Waals surface area contributed by atoms with E-state index in [1.807, 2.05) is 13.1 Å². The Labute approximate surface area is 138 Å². The standard InChI is InChI=1S/C15H16N4O4S/c1-10-11(8-23-2)7-19-14(10)15(16-9-17-19)18-12-4-3-5-13(6-12)24(20,21)22/h3-7,9H,8H2,1-2H3,(H,16,17,18)(H,20,21,22). The van der Waals surface area contributed by atoms with Crippen molar-refractivity contribution in [2.24, 2.45) is 0 Å². The van der Waals surface area contributed by atoms with Crippen LogP contribution in [0.3, 0.4) is 0 Å². The van der Waals surface area contributed by atoms with Gasteiger partial charge in [-0.1, -0.05) is 6.07 Å². The maximum absolute atomic E-state index is 11.3. The Morgan fingerprint density at radius 1 is 1.38 bits per heavy atom. The highest BCUT2D eigenvalue weighted by Crippen LogP contribution is 2.26. The number of hydrogen-bond acceptors (Lipinski definition) is 6. The van der Waals surface area contributed by atoms with E-state index in [9.17, 15) is 8.42 Å². The summed E-state index contributed by atoms with van der Waals surface area (Å²) < 4.78 is 38.5. The fraction of sp³-hybridized carbons (Fsp3) is 0.200. The number of nitrogens with one attached hydrogen (secondary N) is 1. The molecule has 0 unspecified atom stereocenters. The maximum atomic E-state index is 11.3. The first-order valence-corrected chi connectivity index (χ1v) is 8.49. The van der Waals surface area contributed by atoms with Crippen molar-refractivity contribution in [3.8, 4) is 0 Å². The summed E-state index contributed by atoms with van der Waals surface area (Å²) in [6.07, 6.45) is 3.26. The number of nitrogens with zero attached hydrogens (tertiary/aromatic N) is 3. The normalized spacial score (nSPS) is 11.8. The maximum Gasteiger partial charge on any atom is 0.294 e. The van der Waals surface area contributed by atoms with Gasteiger partial charge in [-0.25, -0.2) is 9.50 Å². The van der Waals surface area contributed by atoms with E-state index in [4.69, 9.17) is 9.29 Å². The topological polar surface area (TPSA) is 106 Å². The summed E-state index contributed by atoms with van der Waals surface area (Å²) in [6.45, 7) is 2.39. The third-order valence-corrected chi connectivity index (χ3v) is 4.48. The Balaban J connectivity index is 2.05. The minimum atomic E-state index is -4.27. The molecule has 0 saturated carbocycles. The minimum absolute atomic E-state index is 0.190. The number of hydrogen-bond donors (Lipinski definition) is 2. The third-order valence-electron chi connectivity index (χ3n) is 3.63. The number of aryl methyl sites for hydroxylation is 1. The third kappa shape index (κ3) is 3.09. The molecule has 0 fully saturated rings. The Kier molecular flexibility index (Phi) is 4.22. The number of anilines is 2. The van der Waals surface area contributed by atoms with Gasteiger partial charge in [0, 0.05) is 24.6 Å². The second-order valence-corrected chi connectivity index (χ2v) is 6.66. The van der Waals surface area contributed by atoms with Crippen LogP contribution >= 0.6 is 0 Å². The summed E-state index contributed by atoms with van der Waals surface area (Å²) >= 11 is 0. The largest absolute Gasteiger partial charge is 0.380 e. The Hall–Kier alpha value is -2.49. The van der Waals surface area contributed by atoms with Gasteiger partial charge in [0.1, 0.15) is 11.8 Å². The van der Waals surface area contributed by atoms with Crippen LogP contribution in [0.15, 0.2) is 41.7 Å². The zero-order valence-corrected chi connectivity index (χ0v) is 13.9. The molecular formula is C15H16N4O4S. The Morgan fingerprint density at radius 3 is 2.88 bits per heavy atom. The molecule has 24 heavy (non-hydrogen) atoms. The van der Waals surface area contributed by atoms with Crippen LogP contribution in [0.2, 0.25) is 0 Å². The van der Waals surface area contributed by atoms with Crippen LogP contribution in [-0.4, -0.2) is 34.7 Å². The molecule has 0 amide bonds. The van der Waals surface area contributed by atoms with Crippen molar-refractivity contribution in [3.05, 3.63) is 47.9 Å². The van der Waals surface area contributed by atoms with Gasteiger partial charge in [-0.15, -0.1) is 0 Å². The van der Waals surface area contributed by atoms with E-state index in [0.717, 1.165) is 16.6 Å². The molecule has 0 saturated heterocycles. The molecule has 8 nitrogen and oxygen atoms in total. The molecule has 0 bridgehead atoms. The molecule has 3 aromatic rings. The second-order valence-electron chi connectivity index (χ2n) is 5.24. The van der Waals surface area contributed by atoms with Crippen LogP contribution in [-0.2, 0) is 21.5 Å². The molecule has 0 radical (unpaired) electrons. The summed E-state index contributed by atoms with van der Waals surface area (Å²) in [6, 6.07) is 5.87. The van der Waals surface area contributed by atoms with Crippen LogP contribution in [0.4, 0.5) is 11.5 Å². The molecule has 3 rings (SSSR count). The highest BCUT2D eigenvalue weighted by Gasteiger charge is 2.14. The average Bonchev–Trinajstić information content (AvgIpc) is 2.85. The smallest absolute Gasteiger partial charge is 0.294 e. The minimum Gasteiger partial charge on any atom is -0.380 e. The number of rotatable bonds is 5. The predicted molar refractivity (Wildman–Crippen MR) is 88.0 cm³/mol. The lowest BCUT2D eigenvalue weighted by atomic mass is 10.2. The van der Waals surface area contributed by atoms with E-state index in [0.29, 0.717) is 18.1 Å². The number of fused-ring (bicyclic) bond motifs is 1. The lowest BCUT2D eigenvalue weighted by Gasteiger charge is -2.09. The SMILES string of the molecule is COCc1cn2ncnc(Nc3cccc(S(=O)(=O)O)c3)c2c1C. The van der Waals surface area contributed by atoms with Gasteiger partial charge in [0.2, 0.25) is 0 Å². The zero-order chi connectivity index (χ0) is 17.3. The van der Waals surface area contributed by atoms with Crippen molar-refractivity contribution in [1.29, 1.82) is 0 Å². The first-order chi connectivity index (χ1) is 11.4. The fourth-order valence-corrected chi connectivity index (χ4v) is 3.00. The van der Waals surface area contributed by atoms with Gasteiger partial charge in [0.25, 0.3) is 10.1 Å². The summed E-state index contributed by atoms with van der Waals surface area (Å²) in [5.74, 6) is 0.525. The molecule has 2 aromatic heterocycles. The predicted octanol–water partition coefficient (Wildman–Crippen LogP) is 2.17. The molecule has 1 aromatic carbocycles. The zero-order valence-electron chi connectivity index (χ0n) is 13.1. The van der Waals surface area contributed by atoms with Crippen molar-refractivity contribution in [2.45, 2.75) is 18.4 Å². The van der Waals surface area contributed by atoms with E-state index in [2.05, 4.69) is 15.4 Å². The average molecular weight is 348 g/mol. The van der Waals surface area contributed by atoms with E-state index >= 15 is 0 Å². The van der Waals surface area contributed by atoms with Gasteiger partial charge < -0.3 is 10.1 Å². The summed E-state index contributed by atoms with van der Waals surface area (Å²) in [5, 5.41) is 7.25. The number of aromatic nitrogens is 3. The van der Waals surface area contributed by atoms with Crippen LogP contribution < -0.4 is 5.32 Å². The molecule has 2 heterocycles. The van der Waals surface area contributed by atoms with Gasteiger partial charge in [-0.2, -0.15) is 13.5 Å². The van der Waals surface area contributed by atoms with Gasteiger partial charge in [0.15, 0.2) is 5.82 Å². The van der Waals surface area contributed by atoms with E-state index < -0.39 is 10.1 Å². The van der Waals surface area contributed by atoms with Crippen LogP contribution in [0.25, 0.3) is 5.52 Å². The van der Waals surface area contributed by atoms with E-state index in [1.165, 1.54) is 24.5 Å². The van der Waals surface area contributed by atoms with Crippen molar-refractivity contribution >= 4 is 27.1 Å². The lowest BCUT2D eigenvalue weighted by Crippen LogP contribution is -2.02. The molecule has 0 atom stereocenters. The van der Waals surface area contributed by atoms with Crippen LogP contribution in [0.5, 0.6) is 0 Å². The molecular weight excluding hydrogens is 332 g/mol. The Morgan fingerprint density at radius 2 is 2.17 bits per heavy atom. The fourth-order valence-electron chi connectivity index (χ4n) is 2.47. The quantitative estimate of drug-likeness (QED) is 0.681. The van der Waals surface area contributed by atoms with Gasteiger partial charge in [-0.3, -0.25) is 4.55 Å². The van der Waals surface area contributed by atoms with Crippen molar-refractivity contribution in [1.82, 2.24) is 14.6 Å². The van der Waals surface area contributed by atoms with Gasteiger partial charge >= 0.3 is 0 Å². The molecule has 126 valence electrons. The number of benzene rings is 1. The highest BCUT2D eigenvalue weighted by molar-refractivity contribution is 7.85. The Bertz CT molecular complexity index is 998. The van der Waals surface area contributed by atoms with E-state index in [-0.39, 0.29) is 4.90 Å². The van der Waals surface area contributed by atoms with Crippen LogP contribution in [0.1, 0.15) is 11.1 Å². The van der Waals surface area contributed by atoms with Gasteiger partial charge in [0.05, 0.1) is 11.5 Å². The molecule has 9 heteroatoms. The molecule has 0 spiro atoms. The van der Waals surface area contributed by atoms with Gasteiger partial charge in [-0.05, 0) is 30.7 Å². The lowest BCUT2D eigenvalue weighted by molar-refractivity contribution is 0.184. The monoisotopic (exact) mass is 348 g/mol. The van der Waals surface area contributed by atoms with Crippen molar-refractivity contribution in [3.63, 3.8) is 0 Å². The van der Waals surface area contributed by atoms with Crippen LogP contribution in [0, 0.1) is 6.92 Å². The second kappa shape index (κ2) is 6.19. The highest BCUT2D eigenvalue weighted by atomic mass is 32.2. The summed E-state index contributed by atoms with van der Waals surface area (Å²) in [4.78, 5) is 4.04. The summed E-state index contributed by atoms with van der Waals surface area (Å²) in [5.41, 5.74) is 3.19. The van der Waals surface area contributed by atoms with E-state index in [1.54, 1.807) is 17.7 Å². The molecule has 0 aliphatic carbocycles. The summed E-state index contributed by atoms with van der Waals surface area (Å²) in [7, 11) is -2.65. The van der Waals surface area contributed by atoms with Crippen molar-refractivity contribution in [2.75, 3.05) is 12.4 Å². The number of methoxy groups -OCH3 is 1. The molecule has 0 aliphatic rings. The number of ether oxygens (including phenoxy) is 1. The molecule has 2 N–H and O–H groups in total. The first kappa shape index (κ1) is 16.4. The molecule has 0 aliphatic heterocycles. The van der Waals surface area contributed by atoms with Crippen molar-refractivity contribution < 1.29 is 17.7 Å².